The molecule has 0 aliphatic carbocycles. The van der Waals surface area contributed by atoms with Gasteiger partial charge in [-0.05, 0) is 49.9 Å². The predicted octanol–water partition coefficient (Wildman–Crippen LogP) is 4.63. The summed E-state index contributed by atoms with van der Waals surface area (Å²) in [6, 6.07) is 12.1. The molecule has 0 fully saturated rings. The molecular weight excluding hydrogens is 260 g/mol. The zero-order valence-corrected chi connectivity index (χ0v) is 13.3. The van der Waals surface area contributed by atoms with Crippen LogP contribution in [0, 0.1) is 20.8 Å². The van der Waals surface area contributed by atoms with Crippen molar-refractivity contribution in [3.63, 3.8) is 0 Å². The second-order valence-electron chi connectivity index (χ2n) is 5.63. The first-order valence-electron chi connectivity index (χ1n) is 7.49. The van der Waals surface area contributed by atoms with Crippen LogP contribution in [0.15, 0.2) is 36.4 Å². The molecule has 0 aromatic heterocycles. The summed E-state index contributed by atoms with van der Waals surface area (Å²) < 4.78 is 5.99. The van der Waals surface area contributed by atoms with Gasteiger partial charge in [-0.2, -0.15) is 0 Å². The van der Waals surface area contributed by atoms with Gasteiger partial charge in [0, 0.05) is 5.56 Å². The molecule has 0 radical (unpaired) electrons. The van der Waals surface area contributed by atoms with E-state index in [0.29, 0.717) is 13.0 Å². The fraction of sp³-hybridized carbons (Fsp3) is 0.368. The van der Waals surface area contributed by atoms with Gasteiger partial charge < -0.3 is 9.84 Å². The topological polar surface area (TPSA) is 29.5 Å². The Morgan fingerprint density at radius 3 is 2.29 bits per heavy atom. The molecule has 0 unspecified atom stereocenters. The maximum Gasteiger partial charge on any atom is 0.125 e. The average molecular weight is 284 g/mol. The molecule has 0 heterocycles. The van der Waals surface area contributed by atoms with E-state index in [9.17, 15) is 5.11 Å². The molecule has 0 saturated carbocycles. The van der Waals surface area contributed by atoms with Crippen molar-refractivity contribution in [2.24, 2.45) is 0 Å². The van der Waals surface area contributed by atoms with Crippen LogP contribution in [0.5, 0.6) is 5.75 Å². The molecule has 1 atom stereocenters. The largest absolute Gasteiger partial charge is 0.489 e. The molecule has 21 heavy (non-hydrogen) atoms. The number of aliphatic hydroxyl groups excluding tert-OH is 1. The molecular formula is C19H24O2. The zero-order chi connectivity index (χ0) is 15.4. The van der Waals surface area contributed by atoms with Gasteiger partial charge in [0.2, 0.25) is 0 Å². The average Bonchev–Trinajstić information content (AvgIpc) is 2.45. The van der Waals surface area contributed by atoms with E-state index in [4.69, 9.17) is 4.74 Å². The minimum Gasteiger partial charge on any atom is -0.489 e. The predicted molar refractivity (Wildman–Crippen MR) is 86.7 cm³/mol. The maximum atomic E-state index is 10.1. The monoisotopic (exact) mass is 284 g/mol. The summed E-state index contributed by atoms with van der Waals surface area (Å²) in [7, 11) is 0. The number of hydrogen-bond acceptors (Lipinski definition) is 2. The van der Waals surface area contributed by atoms with Gasteiger partial charge in [-0.3, -0.25) is 0 Å². The van der Waals surface area contributed by atoms with Gasteiger partial charge in [0.1, 0.15) is 12.4 Å². The van der Waals surface area contributed by atoms with Gasteiger partial charge in [0.15, 0.2) is 0 Å². The third-order valence-electron chi connectivity index (χ3n) is 3.88. The lowest BCUT2D eigenvalue weighted by Crippen LogP contribution is -2.05. The molecule has 0 spiro atoms. The Kier molecular flexibility index (Phi) is 5.03. The van der Waals surface area contributed by atoms with E-state index < -0.39 is 6.10 Å². The van der Waals surface area contributed by atoms with Crippen LogP contribution in [-0.4, -0.2) is 5.11 Å². The first-order chi connectivity index (χ1) is 10.0. The fourth-order valence-corrected chi connectivity index (χ4v) is 2.69. The molecule has 112 valence electrons. The van der Waals surface area contributed by atoms with Crippen LogP contribution in [-0.2, 0) is 6.61 Å². The normalized spacial score (nSPS) is 12.2. The van der Waals surface area contributed by atoms with Crippen molar-refractivity contribution in [1.29, 1.82) is 0 Å². The molecule has 2 aromatic carbocycles. The summed E-state index contributed by atoms with van der Waals surface area (Å²) >= 11 is 0. The van der Waals surface area contributed by atoms with Crippen LogP contribution in [0.3, 0.4) is 0 Å². The highest BCUT2D eigenvalue weighted by Crippen LogP contribution is 2.28. The molecule has 2 aromatic rings. The summed E-state index contributed by atoms with van der Waals surface area (Å²) in [5.74, 6) is 0.770. The lowest BCUT2D eigenvalue weighted by Gasteiger charge is -2.17. The molecule has 0 aliphatic rings. The smallest absolute Gasteiger partial charge is 0.125 e. The number of benzene rings is 2. The molecule has 0 bridgehead atoms. The van der Waals surface area contributed by atoms with Crippen LogP contribution in [0.25, 0.3) is 0 Å². The van der Waals surface area contributed by atoms with Gasteiger partial charge in [-0.15, -0.1) is 0 Å². The second-order valence-corrected chi connectivity index (χ2v) is 5.63. The van der Waals surface area contributed by atoms with Crippen molar-refractivity contribution in [3.8, 4) is 5.75 Å². The molecule has 0 amide bonds. The van der Waals surface area contributed by atoms with E-state index in [1.54, 1.807) is 0 Å². The van der Waals surface area contributed by atoms with Gasteiger partial charge >= 0.3 is 0 Å². The van der Waals surface area contributed by atoms with Crippen LogP contribution >= 0.6 is 0 Å². The zero-order valence-electron chi connectivity index (χ0n) is 13.3. The molecule has 2 rings (SSSR count). The fourth-order valence-electron chi connectivity index (χ4n) is 2.69. The molecule has 0 saturated heterocycles. The van der Waals surface area contributed by atoms with E-state index >= 15 is 0 Å². The summed E-state index contributed by atoms with van der Waals surface area (Å²) in [4.78, 5) is 0. The summed E-state index contributed by atoms with van der Waals surface area (Å²) in [6.07, 6.45) is 0.213. The van der Waals surface area contributed by atoms with Crippen molar-refractivity contribution in [3.05, 3.63) is 64.2 Å². The minimum atomic E-state index is -0.471. The third kappa shape index (κ3) is 3.64. The Balaban J connectivity index is 2.21. The number of aryl methyl sites for hydroxylation is 3. The molecule has 0 aliphatic heterocycles. The first kappa shape index (κ1) is 15.6. The standard InChI is InChI=1S/C19H24O2/c1-5-18(20)16-8-6-7-9-19(16)21-12-17-14(3)10-13(2)11-15(17)4/h6-11,18,20H,5,12H2,1-4H3/t18-/m0/s1. The van der Waals surface area contributed by atoms with E-state index in [1.165, 1.54) is 22.3 Å². The number of para-hydroxylation sites is 1. The van der Waals surface area contributed by atoms with E-state index in [0.717, 1.165) is 11.3 Å². The number of hydrogen-bond donors (Lipinski definition) is 1. The van der Waals surface area contributed by atoms with E-state index in [-0.39, 0.29) is 0 Å². The number of aliphatic hydroxyl groups is 1. The summed E-state index contributed by atoms with van der Waals surface area (Å²) in [5, 5.41) is 10.1. The Morgan fingerprint density at radius 1 is 1.05 bits per heavy atom. The van der Waals surface area contributed by atoms with Crippen LogP contribution < -0.4 is 4.74 Å². The van der Waals surface area contributed by atoms with Crippen LogP contribution in [0.4, 0.5) is 0 Å². The van der Waals surface area contributed by atoms with Crippen molar-refractivity contribution in [2.45, 2.75) is 46.8 Å². The van der Waals surface area contributed by atoms with Crippen molar-refractivity contribution in [2.75, 3.05) is 0 Å². The molecule has 2 nitrogen and oxygen atoms in total. The lowest BCUT2D eigenvalue weighted by molar-refractivity contribution is 0.166. The first-order valence-corrected chi connectivity index (χ1v) is 7.49. The SMILES string of the molecule is CC[C@H](O)c1ccccc1OCc1c(C)cc(C)cc1C. The highest BCUT2D eigenvalue weighted by atomic mass is 16.5. The third-order valence-corrected chi connectivity index (χ3v) is 3.88. The summed E-state index contributed by atoms with van der Waals surface area (Å²) in [6.45, 7) is 8.84. The summed E-state index contributed by atoms with van der Waals surface area (Å²) in [5.41, 5.74) is 5.86. The quantitative estimate of drug-likeness (QED) is 0.867. The van der Waals surface area contributed by atoms with Crippen molar-refractivity contribution >= 4 is 0 Å². The lowest BCUT2D eigenvalue weighted by atomic mass is 10.0. The van der Waals surface area contributed by atoms with Gasteiger partial charge in [0.25, 0.3) is 0 Å². The van der Waals surface area contributed by atoms with E-state index in [2.05, 4.69) is 32.9 Å². The van der Waals surface area contributed by atoms with Gasteiger partial charge in [0.05, 0.1) is 6.10 Å². The van der Waals surface area contributed by atoms with Crippen LogP contribution in [0.2, 0.25) is 0 Å². The Hall–Kier alpha value is -1.80. The van der Waals surface area contributed by atoms with Crippen molar-refractivity contribution < 1.29 is 9.84 Å². The van der Waals surface area contributed by atoms with Gasteiger partial charge in [-0.1, -0.05) is 42.8 Å². The van der Waals surface area contributed by atoms with E-state index in [1.807, 2.05) is 31.2 Å². The maximum absolute atomic E-state index is 10.1. The number of rotatable bonds is 5. The minimum absolute atomic E-state index is 0.471. The Labute approximate surface area is 127 Å². The number of ether oxygens (including phenoxy) is 1. The van der Waals surface area contributed by atoms with Gasteiger partial charge in [-0.25, -0.2) is 0 Å². The highest BCUT2D eigenvalue weighted by Gasteiger charge is 2.12. The second kappa shape index (κ2) is 6.77. The molecule has 1 N–H and O–H groups in total. The highest BCUT2D eigenvalue weighted by molar-refractivity contribution is 5.39. The van der Waals surface area contributed by atoms with Crippen LogP contribution in [0.1, 0.15) is 47.3 Å². The Bertz CT molecular complexity index is 594. The van der Waals surface area contributed by atoms with Crippen molar-refractivity contribution in [1.82, 2.24) is 0 Å². The Morgan fingerprint density at radius 2 is 1.67 bits per heavy atom. The molecule has 2 heteroatoms.